The molecule has 156 valence electrons. The Balaban J connectivity index is 1.66. The van der Waals surface area contributed by atoms with Crippen molar-refractivity contribution < 1.29 is 9.59 Å². The highest BCUT2D eigenvalue weighted by atomic mass is 16.2. The van der Waals surface area contributed by atoms with Crippen LogP contribution in [0.5, 0.6) is 0 Å². The summed E-state index contributed by atoms with van der Waals surface area (Å²) in [6.45, 7) is 5.50. The summed E-state index contributed by atoms with van der Waals surface area (Å²) in [7, 11) is 0. The van der Waals surface area contributed by atoms with E-state index in [4.69, 9.17) is 0 Å². The minimum Gasteiger partial charge on any atom is -0.349 e. The highest BCUT2D eigenvalue weighted by Gasteiger charge is 2.20. The Morgan fingerprint density at radius 1 is 1.28 bits per heavy atom. The molecule has 0 saturated heterocycles. The first-order chi connectivity index (χ1) is 13.9. The number of nitrogens with one attached hydrogen (secondary N) is 3. The van der Waals surface area contributed by atoms with Crippen LogP contribution in [0.1, 0.15) is 72.4 Å². The van der Waals surface area contributed by atoms with Crippen LogP contribution in [0.3, 0.4) is 0 Å². The molecule has 1 aliphatic rings. The zero-order chi connectivity index (χ0) is 21.0. The molecule has 1 unspecified atom stereocenters. The first-order valence-electron chi connectivity index (χ1n) is 10.2. The highest BCUT2D eigenvalue weighted by Crippen LogP contribution is 2.19. The first kappa shape index (κ1) is 20.8. The summed E-state index contributed by atoms with van der Waals surface area (Å²) in [4.78, 5) is 37.8. The van der Waals surface area contributed by atoms with E-state index in [1.54, 1.807) is 6.07 Å². The van der Waals surface area contributed by atoms with Crippen molar-refractivity contribution >= 4 is 11.8 Å². The molecule has 2 aromatic rings. The van der Waals surface area contributed by atoms with Crippen molar-refractivity contribution in [2.75, 3.05) is 0 Å². The Morgan fingerprint density at radius 2 is 2.00 bits per heavy atom. The van der Waals surface area contributed by atoms with Crippen molar-refractivity contribution in [2.45, 2.75) is 71.5 Å². The summed E-state index contributed by atoms with van der Waals surface area (Å²) in [5, 5.41) is 12.9. The quantitative estimate of drug-likeness (QED) is 0.691. The van der Waals surface area contributed by atoms with Gasteiger partial charge in [0.2, 0.25) is 5.91 Å². The minimum absolute atomic E-state index is 0.0699. The number of aromatic nitrogens is 3. The fourth-order valence-corrected chi connectivity index (χ4v) is 4.06. The van der Waals surface area contributed by atoms with E-state index >= 15 is 0 Å². The SMILES string of the molecule is Cc1n[nH]c(C)c1C(C)NC(=O)Cn1cccc(C(=O)NC2CCCCC2)c1=O. The average Bonchev–Trinajstić information content (AvgIpc) is 3.02. The van der Waals surface area contributed by atoms with Crippen LogP contribution in [0.25, 0.3) is 0 Å². The molecule has 1 aliphatic carbocycles. The number of H-pyrrole nitrogens is 1. The number of amides is 2. The molecule has 0 bridgehead atoms. The number of nitrogens with zero attached hydrogens (tertiary/aromatic N) is 2. The maximum Gasteiger partial charge on any atom is 0.263 e. The van der Waals surface area contributed by atoms with Gasteiger partial charge in [0.25, 0.3) is 11.5 Å². The fraction of sp³-hybridized carbons (Fsp3) is 0.524. The molecule has 2 aromatic heterocycles. The third-order valence-corrected chi connectivity index (χ3v) is 5.51. The Labute approximate surface area is 170 Å². The topological polar surface area (TPSA) is 109 Å². The van der Waals surface area contributed by atoms with E-state index in [2.05, 4.69) is 20.8 Å². The van der Waals surface area contributed by atoms with Crippen LogP contribution in [0.4, 0.5) is 0 Å². The monoisotopic (exact) mass is 399 g/mol. The molecule has 1 fully saturated rings. The summed E-state index contributed by atoms with van der Waals surface area (Å²) in [5.74, 6) is -0.667. The molecule has 8 heteroatoms. The third kappa shape index (κ3) is 4.93. The molecule has 2 amide bonds. The number of aromatic amines is 1. The van der Waals surface area contributed by atoms with Crippen molar-refractivity contribution in [1.82, 2.24) is 25.4 Å². The highest BCUT2D eigenvalue weighted by molar-refractivity contribution is 5.94. The third-order valence-electron chi connectivity index (χ3n) is 5.51. The molecule has 0 radical (unpaired) electrons. The first-order valence-corrected chi connectivity index (χ1v) is 10.2. The zero-order valence-electron chi connectivity index (χ0n) is 17.2. The lowest BCUT2D eigenvalue weighted by Gasteiger charge is -2.22. The van der Waals surface area contributed by atoms with Gasteiger partial charge < -0.3 is 15.2 Å². The van der Waals surface area contributed by atoms with Gasteiger partial charge in [-0.25, -0.2) is 0 Å². The van der Waals surface area contributed by atoms with Gasteiger partial charge in [-0.3, -0.25) is 19.5 Å². The molecule has 8 nitrogen and oxygen atoms in total. The maximum atomic E-state index is 12.7. The number of carbonyl (C=O) groups is 2. The Morgan fingerprint density at radius 3 is 2.66 bits per heavy atom. The Kier molecular flexibility index (Phi) is 6.51. The second-order valence-electron chi connectivity index (χ2n) is 7.80. The molecule has 0 aromatic carbocycles. The molecule has 29 heavy (non-hydrogen) atoms. The molecule has 0 aliphatic heterocycles. The van der Waals surface area contributed by atoms with Gasteiger partial charge in [-0.2, -0.15) is 5.10 Å². The summed E-state index contributed by atoms with van der Waals surface area (Å²) in [6, 6.07) is 3.01. The summed E-state index contributed by atoms with van der Waals surface area (Å²) < 4.78 is 1.27. The van der Waals surface area contributed by atoms with E-state index < -0.39 is 5.56 Å². The van der Waals surface area contributed by atoms with Gasteiger partial charge in [0, 0.05) is 23.5 Å². The molecule has 0 spiro atoms. The van der Waals surface area contributed by atoms with Gasteiger partial charge in [0.15, 0.2) is 0 Å². The molecular weight excluding hydrogens is 370 g/mol. The number of rotatable bonds is 6. The molecule has 3 N–H and O–H groups in total. The average molecular weight is 399 g/mol. The number of hydrogen-bond donors (Lipinski definition) is 3. The van der Waals surface area contributed by atoms with Gasteiger partial charge >= 0.3 is 0 Å². The fourth-order valence-electron chi connectivity index (χ4n) is 4.06. The Bertz CT molecular complexity index is 921. The van der Waals surface area contributed by atoms with E-state index in [9.17, 15) is 14.4 Å². The van der Waals surface area contributed by atoms with Crippen LogP contribution >= 0.6 is 0 Å². The lowest BCUT2D eigenvalue weighted by atomic mass is 9.95. The van der Waals surface area contributed by atoms with Gasteiger partial charge in [-0.15, -0.1) is 0 Å². The van der Waals surface area contributed by atoms with E-state index in [0.29, 0.717) is 0 Å². The summed E-state index contributed by atoms with van der Waals surface area (Å²) in [6.07, 6.45) is 6.80. The minimum atomic E-state index is -0.459. The van der Waals surface area contributed by atoms with E-state index in [1.807, 2.05) is 20.8 Å². The van der Waals surface area contributed by atoms with Crippen LogP contribution in [-0.4, -0.2) is 32.6 Å². The van der Waals surface area contributed by atoms with Gasteiger partial charge in [0.1, 0.15) is 12.1 Å². The number of carbonyl (C=O) groups excluding carboxylic acids is 2. The molecule has 1 atom stereocenters. The van der Waals surface area contributed by atoms with Gasteiger partial charge in [-0.1, -0.05) is 19.3 Å². The summed E-state index contributed by atoms with van der Waals surface area (Å²) >= 11 is 0. The zero-order valence-corrected chi connectivity index (χ0v) is 17.2. The van der Waals surface area contributed by atoms with Crippen LogP contribution in [0.2, 0.25) is 0 Å². The van der Waals surface area contributed by atoms with Crippen LogP contribution in [0.15, 0.2) is 23.1 Å². The van der Waals surface area contributed by atoms with Crippen molar-refractivity contribution in [3.05, 3.63) is 51.2 Å². The molecular formula is C21H29N5O3. The van der Waals surface area contributed by atoms with Crippen molar-refractivity contribution in [3.63, 3.8) is 0 Å². The largest absolute Gasteiger partial charge is 0.349 e. The second-order valence-corrected chi connectivity index (χ2v) is 7.80. The van der Waals surface area contributed by atoms with Crippen molar-refractivity contribution in [1.29, 1.82) is 0 Å². The van der Waals surface area contributed by atoms with Crippen molar-refractivity contribution in [3.8, 4) is 0 Å². The second kappa shape index (κ2) is 9.07. The van der Waals surface area contributed by atoms with E-state index in [1.165, 1.54) is 23.3 Å². The lowest BCUT2D eigenvalue weighted by molar-refractivity contribution is -0.122. The van der Waals surface area contributed by atoms with Gasteiger partial charge in [0.05, 0.1) is 11.7 Å². The van der Waals surface area contributed by atoms with Crippen molar-refractivity contribution in [2.24, 2.45) is 0 Å². The van der Waals surface area contributed by atoms with Gasteiger partial charge in [-0.05, 0) is 45.7 Å². The molecule has 3 rings (SSSR count). The van der Waals surface area contributed by atoms with E-state index in [0.717, 1.165) is 42.6 Å². The smallest absolute Gasteiger partial charge is 0.263 e. The summed E-state index contributed by atoms with van der Waals surface area (Å²) in [5.41, 5.74) is 2.27. The molecule has 1 saturated carbocycles. The molecule has 2 heterocycles. The van der Waals surface area contributed by atoms with Crippen LogP contribution in [-0.2, 0) is 11.3 Å². The predicted octanol–water partition coefficient (Wildman–Crippen LogP) is 2.13. The van der Waals surface area contributed by atoms with Crippen LogP contribution < -0.4 is 16.2 Å². The number of aryl methyl sites for hydroxylation is 2. The standard InChI is InChI=1S/C21H29N5O3/c1-13(19-14(2)24-25-15(19)3)22-18(27)12-26-11-7-10-17(21(26)29)20(28)23-16-8-5-4-6-9-16/h7,10-11,13,16H,4-6,8-9,12H2,1-3H3,(H,22,27)(H,23,28)(H,24,25). The normalized spacial score (nSPS) is 15.7. The predicted molar refractivity (Wildman–Crippen MR) is 110 cm³/mol. The lowest BCUT2D eigenvalue weighted by Crippen LogP contribution is -2.41. The van der Waals surface area contributed by atoms with Crippen LogP contribution in [0, 0.1) is 13.8 Å². The van der Waals surface area contributed by atoms with E-state index in [-0.39, 0.29) is 36.0 Å². The number of pyridine rings is 1. The maximum absolute atomic E-state index is 12.7. The number of hydrogen-bond acceptors (Lipinski definition) is 4. The Hall–Kier alpha value is -2.90.